The molecule has 37 heavy (non-hydrogen) atoms. The van der Waals surface area contributed by atoms with Crippen molar-refractivity contribution in [3.63, 3.8) is 0 Å². The molecule has 0 amide bonds. The second-order valence-electron chi connectivity index (χ2n) is 11.2. The largest absolute Gasteiger partial charge is 0.508 e. The molecule has 2 unspecified atom stereocenters. The number of phenolic OH excluding ortho intramolecular Hbond substituents is 1. The summed E-state index contributed by atoms with van der Waals surface area (Å²) in [5.41, 5.74) is 1.05. The number of anilines is 2. The number of halogens is 1. The molecule has 4 aromatic rings. The van der Waals surface area contributed by atoms with E-state index < -0.39 is 5.82 Å². The zero-order chi connectivity index (χ0) is 25.3. The molecule has 2 aromatic heterocycles. The molecular weight excluding hydrogens is 467 g/mol. The fraction of sp³-hybridized carbons (Fsp3) is 0.414. The van der Waals surface area contributed by atoms with Crippen LogP contribution < -0.4 is 9.80 Å². The van der Waals surface area contributed by atoms with E-state index >= 15 is 4.39 Å². The van der Waals surface area contributed by atoms with Crippen LogP contribution in [0.1, 0.15) is 19.3 Å². The monoisotopic (exact) mass is 498 g/mol. The Bertz CT molecular complexity index is 1510. The first kappa shape index (κ1) is 22.7. The number of likely N-dealkylation sites (N-methyl/N-ethyl adjacent to an activating group) is 1. The average Bonchev–Trinajstić information content (AvgIpc) is 3.19. The number of rotatable bonds is 4. The quantitative estimate of drug-likeness (QED) is 0.438. The molecule has 8 heteroatoms. The van der Waals surface area contributed by atoms with Gasteiger partial charge in [0, 0.05) is 44.0 Å². The lowest BCUT2D eigenvalue weighted by atomic mass is 9.98. The molecule has 0 radical (unpaired) electrons. The van der Waals surface area contributed by atoms with E-state index in [0.717, 1.165) is 42.8 Å². The minimum atomic E-state index is -0.470. The van der Waals surface area contributed by atoms with Crippen LogP contribution in [0.5, 0.6) is 5.75 Å². The van der Waals surface area contributed by atoms with Crippen molar-refractivity contribution in [2.45, 2.75) is 25.3 Å². The normalized spacial score (nSPS) is 21.8. The summed E-state index contributed by atoms with van der Waals surface area (Å²) in [6, 6.07) is 11.4. The van der Waals surface area contributed by atoms with Gasteiger partial charge in [0.25, 0.3) is 0 Å². The van der Waals surface area contributed by atoms with Crippen molar-refractivity contribution in [2.24, 2.45) is 11.8 Å². The van der Waals surface area contributed by atoms with Gasteiger partial charge in [0.1, 0.15) is 22.8 Å². The Labute approximate surface area is 215 Å². The molecule has 1 saturated carbocycles. The number of aromatic hydroxyl groups is 1. The van der Waals surface area contributed by atoms with Gasteiger partial charge in [-0.25, -0.2) is 9.37 Å². The maximum absolute atomic E-state index is 16.4. The van der Waals surface area contributed by atoms with Crippen molar-refractivity contribution in [1.82, 2.24) is 19.9 Å². The number of aromatic nitrogens is 3. The van der Waals surface area contributed by atoms with Crippen LogP contribution in [-0.2, 0) is 0 Å². The number of fused-ring (bicyclic) bond motifs is 4. The molecule has 190 valence electrons. The number of benzene rings is 2. The Morgan fingerprint density at radius 2 is 1.70 bits per heavy atom. The standard InChI is InChI=1S/C29H31FN6O/c1-34(2)20-15-36(16-20)29-32-27-24(28(33-29)35-13-17-7-8-18(9-17)14-35)12-31-26(25(27)30)23-11-21(37)10-19-5-3-4-6-22(19)23/h3-6,10-12,17-18,20,37H,7-9,13-16H2,1-2H3. The Kier molecular flexibility index (Phi) is 5.22. The highest BCUT2D eigenvalue weighted by atomic mass is 19.1. The molecule has 4 heterocycles. The Morgan fingerprint density at radius 3 is 2.46 bits per heavy atom. The lowest BCUT2D eigenvalue weighted by Gasteiger charge is -2.43. The molecule has 2 aliphatic heterocycles. The summed E-state index contributed by atoms with van der Waals surface area (Å²) in [6.45, 7) is 3.53. The van der Waals surface area contributed by atoms with E-state index in [1.807, 2.05) is 24.3 Å². The molecule has 7 rings (SSSR count). The van der Waals surface area contributed by atoms with Gasteiger partial charge in [0.05, 0.1) is 5.39 Å². The van der Waals surface area contributed by atoms with E-state index in [4.69, 9.17) is 9.97 Å². The van der Waals surface area contributed by atoms with Gasteiger partial charge in [0.2, 0.25) is 5.95 Å². The minimum absolute atomic E-state index is 0.0816. The molecule has 2 aromatic carbocycles. The van der Waals surface area contributed by atoms with E-state index in [1.165, 1.54) is 19.3 Å². The first-order valence-corrected chi connectivity index (χ1v) is 13.2. The maximum Gasteiger partial charge on any atom is 0.228 e. The van der Waals surface area contributed by atoms with E-state index in [2.05, 4.69) is 33.8 Å². The summed E-state index contributed by atoms with van der Waals surface area (Å²) >= 11 is 0. The summed E-state index contributed by atoms with van der Waals surface area (Å²) in [4.78, 5) is 21.1. The molecule has 1 N–H and O–H groups in total. The Hall–Kier alpha value is -3.52. The Morgan fingerprint density at radius 1 is 0.946 bits per heavy atom. The van der Waals surface area contributed by atoms with Crippen LogP contribution in [0.15, 0.2) is 42.6 Å². The average molecular weight is 499 g/mol. The third kappa shape index (κ3) is 3.77. The van der Waals surface area contributed by atoms with Crippen LogP contribution in [0, 0.1) is 17.7 Å². The van der Waals surface area contributed by atoms with Gasteiger partial charge in [-0.1, -0.05) is 24.3 Å². The van der Waals surface area contributed by atoms with Crippen LogP contribution >= 0.6 is 0 Å². The Balaban J connectivity index is 1.39. The molecule has 3 fully saturated rings. The van der Waals surface area contributed by atoms with Crippen LogP contribution in [-0.4, -0.2) is 71.3 Å². The lowest BCUT2D eigenvalue weighted by Crippen LogP contribution is -2.58. The van der Waals surface area contributed by atoms with Gasteiger partial charge < -0.3 is 19.8 Å². The molecule has 2 saturated heterocycles. The summed E-state index contributed by atoms with van der Waals surface area (Å²) in [5, 5.41) is 12.7. The van der Waals surface area contributed by atoms with E-state index in [9.17, 15) is 5.11 Å². The van der Waals surface area contributed by atoms with E-state index in [-0.39, 0.29) is 11.4 Å². The zero-order valence-electron chi connectivity index (χ0n) is 21.2. The predicted molar refractivity (Wildman–Crippen MR) is 145 cm³/mol. The van der Waals surface area contributed by atoms with Crippen LogP contribution in [0.3, 0.4) is 0 Å². The number of nitrogens with zero attached hydrogens (tertiary/aromatic N) is 6. The molecule has 2 atom stereocenters. The molecule has 1 aliphatic carbocycles. The summed E-state index contributed by atoms with van der Waals surface area (Å²) < 4.78 is 16.4. The minimum Gasteiger partial charge on any atom is -0.508 e. The number of hydrogen-bond donors (Lipinski definition) is 1. The highest BCUT2D eigenvalue weighted by Gasteiger charge is 2.36. The third-order valence-electron chi connectivity index (χ3n) is 8.54. The highest BCUT2D eigenvalue weighted by Crippen LogP contribution is 2.41. The predicted octanol–water partition coefficient (Wildman–Crippen LogP) is 4.68. The molecular formula is C29H31FN6O. The molecule has 0 spiro atoms. The topological polar surface area (TPSA) is 68.6 Å². The second-order valence-corrected chi connectivity index (χ2v) is 11.2. The molecule has 2 bridgehead atoms. The fourth-order valence-corrected chi connectivity index (χ4v) is 6.42. The van der Waals surface area contributed by atoms with E-state index in [1.54, 1.807) is 18.3 Å². The zero-order valence-corrected chi connectivity index (χ0v) is 21.2. The SMILES string of the molecule is CN(C)C1CN(c2nc(N3CC4CCC(C4)C3)c3cnc(-c4cc(O)cc5ccccc45)c(F)c3n2)C1. The van der Waals surface area contributed by atoms with Crippen LogP contribution in [0.4, 0.5) is 16.2 Å². The summed E-state index contributed by atoms with van der Waals surface area (Å²) in [7, 11) is 4.16. The van der Waals surface area contributed by atoms with Crippen molar-refractivity contribution < 1.29 is 9.50 Å². The van der Waals surface area contributed by atoms with Gasteiger partial charge in [-0.2, -0.15) is 4.98 Å². The smallest absolute Gasteiger partial charge is 0.228 e. The van der Waals surface area contributed by atoms with Gasteiger partial charge >= 0.3 is 0 Å². The highest BCUT2D eigenvalue weighted by molar-refractivity contribution is 6.00. The lowest BCUT2D eigenvalue weighted by molar-refractivity contribution is 0.245. The van der Waals surface area contributed by atoms with Crippen LogP contribution in [0.2, 0.25) is 0 Å². The van der Waals surface area contributed by atoms with Crippen molar-refractivity contribution >= 4 is 33.4 Å². The number of phenols is 1. The van der Waals surface area contributed by atoms with Crippen molar-refractivity contribution in [3.05, 3.63) is 48.4 Å². The first-order chi connectivity index (χ1) is 17.9. The first-order valence-electron chi connectivity index (χ1n) is 13.2. The summed E-state index contributed by atoms with van der Waals surface area (Å²) in [6.07, 6.45) is 5.52. The van der Waals surface area contributed by atoms with Gasteiger partial charge in [0.15, 0.2) is 5.82 Å². The maximum atomic E-state index is 16.4. The van der Waals surface area contributed by atoms with Crippen molar-refractivity contribution in [1.29, 1.82) is 0 Å². The van der Waals surface area contributed by atoms with Crippen molar-refractivity contribution in [3.8, 4) is 17.0 Å². The second kappa shape index (κ2) is 8.52. The van der Waals surface area contributed by atoms with E-state index in [0.29, 0.717) is 40.3 Å². The van der Waals surface area contributed by atoms with Gasteiger partial charge in [-0.05, 0) is 68.1 Å². The molecule has 3 aliphatic rings. The number of piperidine rings is 1. The van der Waals surface area contributed by atoms with Gasteiger partial charge in [-0.3, -0.25) is 4.98 Å². The third-order valence-corrected chi connectivity index (χ3v) is 8.54. The van der Waals surface area contributed by atoms with Gasteiger partial charge in [-0.15, -0.1) is 0 Å². The fourth-order valence-electron chi connectivity index (χ4n) is 6.42. The summed E-state index contributed by atoms with van der Waals surface area (Å²) in [5.74, 6) is 2.33. The molecule has 7 nitrogen and oxygen atoms in total. The van der Waals surface area contributed by atoms with Crippen LogP contribution in [0.25, 0.3) is 32.9 Å². The number of pyridine rings is 1. The van der Waals surface area contributed by atoms with Crippen molar-refractivity contribution in [2.75, 3.05) is 50.1 Å². The number of hydrogen-bond acceptors (Lipinski definition) is 7.